The molecule has 0 atom stereocenters. The third kappa shape index (κ3) is 4.00. The molecule has 5 nitrogen and oxygen atoms in total. The van der Waals surface area contributed by atoms with E-state index in [0.717, 1.165) is 35.8 Å². The fourth-order valence-electron chi connectivity index (χ4n) is 2.65. The van der Waals surface area contributed by atoms with Crippen molar-refractivity contribution in [3.05, 3.63) is 28.7 Å². The lowest BCUT2D eigenvalue weighted by Crippen LogP contribution is -2.46. The Bertz CT molecular complexity index is 566. The highest BCUT2D eigenvalue weighted by atomic mass is 79.9. The molecule has 2 fully saturated rings. The van der Waals surface area contributed by atoms with Crippen LogP contribution in [0.2, 0.25) is 0 Å². The van der Waals surface area contributed by atoms with Gasteiger partial charge in [0, 0.05) is 35.2 Å². The van der Waals surface area contributed by atoms with E-state index in [-0.39, 0.29) is 17.9 Å². The number of benzene rings is 1. The summed E-state index contributed by atoms with van der Waals surface area (Å²) in [7, 11) is 0. The van der Waals surface area contributed by atoms with Gasteiger partial charge in [-0.3, -0.25) is 4.79 Å². The van der Waals surface area contributed by atoms with Gasteiger partial charge in [-0.25, -0.2) is 4.79 Å². The van der Waals surface area contributed by atoms with E-state index >= 15 is 0 Å². The molecular formula is C16H20BrN3O2. The highest BCUT2D eigenvalue weighted by Gasteiger charge is 2.30. The van der Waals surface area contributed by atoms with Gasteiger partial charge >= 0.3 is 6.03 Å². The normalized spacial score (nSPS) is 18.9. The fraction of sp³-hybridized carbons (Fsp3) is 0.500. The molecule has 0 bridgehead atoms. The number of carbonyl (C=O) groups excluding carboxylic acids is 2. The molecule has 1 aliphatic carbocycles. The summed E-state index contributed by atoms with van der Waals surface area (Å²) in [6.07, 6.45) is 3.63. The van der Waals surface area contributed by atoms with Gasteiger partial charge in [0.05, 0.1) is 0 Å². The fourth-order valence-corrected chi connectivity index (χ4v) is 3.05. The van der Waals surface area contributed by atoms with Crippen molar-refractivity contribution < 1.29 is 9.59 Å². The zero-order valence-corrected chi connectivity index (χ0v) is 13.9. The van der Waals surface area contributed by atoms with Crippen molar-refractivity contribution in [1.29, 1.82) is 0 Å². The van der Waals surface area contributed by atoms with Crippen LogP contribution in [0.1, 0.15) is 25.7 Å². The maximum absolute atomic E-state index is 12.3. The van der Waals surface area contributed by atoms with Gasteiger partial charge in [-0.15, -0.1) is 0 Å². The molecule has 6 heteroatoms. The van der Waals surface area contributed by atoms with E-state index in [0.29, 0.717) is 19.1 Å². The molecule has 1 aromatic rings. The van der Waals surface area contributed by atoms with E-state index in [9.17, 15) is 9.59 Å². The van der Waals surface area contributed by atoms with Crippen molar-refractivity contribution in [2.75, 3.05) is 18.4 Å². The Kier molecular flexibility index (Phi) is 4.66. The highest BCUT2D eigenvalue weighted by Crippen LogP contribution is 2.23. The molecule has 22 heavy (non-hydrogen) atoms. The predicted octanol–water partition coefficient (Wildman–Crippen LogP) is 2.97. The van der Waals surface area contributed by atoms with E-state index in [1.54, 1.807) is 0 Å². The Balaban J connectivity index is 1.48. The molecule has 0 radical (unpaired) electrons. The second-order valence-electron chi connectivity index (χ2n) is 5.98. The molecule has 3 rings (SSSR count). The number of piperidine rings is 1. The molecule has 2 aliphatic rings. The van der Waals surface area contributed by atoms with E-state index in [1.807, 2.05) is 29.2 Å². The van der Waals surface area contributed by atoms with Gasteiger partial charge < -0.3 is 15.5 Å². The van der Waals surface area contributed by atoms with Crippen LogP contribution in [-0.2, 0) is 4.79 Å². The quantitative estimate of drug-likeness (QED) is 0.864. The van der Waals surface area contributed by atoms with Crippen LogP contribution in [0.15, 0.2) is 28.7 Å². The zero-order chi connectivity index (χ0) is 15.5. The zero-order valence-electron chi connectivity index (χ0n) is 12.3. The maximum atomic E-state index is 12.3. The predicted molar refractivity (Wildman–Crippen MR) is 88.6 cm³/mol. The number of hydrogen-bond donors (Lipinski definition) is 2. The van der Waals surface area contributed by atoms with Gasteiger partial charge in [-0.2, -0.15) is 0 Å². The first-order valence-electron chi connectivity index (χ1n) is 7.74. The number of nitrogens with one attached hydrogen (secondary N) is 2. The minimum atomic E-state index is -0.0241. The third-order valence-corrected chi connectivity index (χ3v) is 4.64. The SMILES string of the molecule is O=C(Nc1cccc(Br)c1)C1CCN(C(=O)NC2CC2)CC1. The van der Waals surface area contributed by atoms with Crippen LogP contribution in [0.3, 0.4) is 0 Å². The molecule has 1 heterocycles. The van der Waals surface area contributed by atoms with Crippen molar-refractivity contribution in [2.24, 2.45) is 5.92 Å². The summed E-state index contributed by atoms with van der Waals surface area (Å²) in [6.45, 7) is 1.30. The highest BCUT2D eigenvalue weighted by molar-refractivity contribution is 9.10. The van der Waals surface area contributed by atoms with Gasteiger partial charge in [0.25, 0.3) is 0 Å². The third-order valence-electron chi connectivity index (χ3n) is 4.15. The maximum Gasteiger partial charge on any atom is 0.317 e. The molecular weight excluding hydrogens is 346 g/mol. The second kappa shape index (κ2) is 6.69. The minimum absolute atomic E-state index is 0.0216. The van der Waals surface area contributed by atoms with E-state index in [4.69, 9.17) is 0 Å². The smallest absolute Gasteiger partial charge is 0.317 e. The summed E-state index contributed by atoms with van der Waals surface area (Å²) in [5.74, 6) is 0.0179. The first-order chi connectivity index (χ1) is 10.6. The first kappa shape index (κ1) is 15.3. The summed E-state index contributed by atoms with van der Waals surface area (Å²) in [6, 6.07) is 7.98. The van der Waals surface area contributed by atoms with Crippen molar-refractivity contribution in [3.8, 4) is 0 Å². The number of carbonyl (C=O) groups is 2. The molecule has 1 aromatic carbocycles. The lowest BCUT2D eigenvalue weighted by atomic mass is 9.96. The van der Waals surface area contributed by atoms with Gasteiger partial charge in [-0.05, 0) is 43.9 Å². The Labute approximate surface area is 138 Å². The van der Waals surface area contributed by atoms with E-state index in [2.05, 4.69) is 26.6 Å². The molecule has 2 N–H and O–H groups in total. The standard InChI is InChI=1S/C16H20BrN3O2/c17-12-2-1-3-14(10-12)18-15(21)11-6-8-20(9-7-11)16(22)19-13-4-5-13/h1-3,10-11,13H,4-9H2,(H,18,21)(H,19,22). The molecule has 1 aliphatic heterocycles. The van der Waals surface area contributed by atoms with Gasteiger partial charge in [0.15, 0.2) is 0 Å². The van der Waals surface area contributed by atoms with Gasteiger partial charge in [0.1, 0.15) is 0 Å². The van der Waals surface area contributed by atoms with Crippen LogP contribution in [-0.4, -0.2) is 36.0 Å². The number of rotatable bonds is 3. The summed E-state index contributed by atoms with van der Waals surface area (Å²) < 4.78 is 0.942. The van der Waals surface area contributed by atoms with Crippen LogP contribution < -0.4 is 10.6 Å². The summed E-state index contributed by atoms with van der Waals surface area (Å²) in [5, 5.41) is 5.95. The Morgan fingerprint density at radius 1 is 1.14 bits per heavy atom. The summed E-state index contributed by atoms with van der Waals surface area (Å²) in [4.78, 5) is 26.1. The van der Waals surface area contributed by atoms with E-state index in [1.165, 1.54) is 0 Å². The first-order valence-corrected chi connectivity index (χ1v) is 8.53. The molecule has 0 aromatic heterocycles. The number of amides is 3. The van der Waals surface area contributed by atoms with Crippen LogP contribution in [0.4, 0.5) is 10.5 Å². The number of hydrogen-bond acceptors (Lipinski definition) is 2. The van der Waals surface area contributed by atoms with Gasteiger partial charge in [-0.1, -0.05) is 22.0 Å². The monoisotopic (exact) mass is 365 g/mol. The van der Waals surface area contributed by atoms with Crippen LogP contribution in [0.25, 0.3) is 0 Å². The lowest BCUT2D eigenvalue weighted by Gasteiger charge is -2.31. The van der Waals surface area contributed by atoms with Crippen molar-refractivity contribution >= 4 is 33.6 Å². The molecule has 1 saturated carbocycles. The number of likely N-dealkylation sites (tertiary alicyclic amines) is 1. The molecule has 0 unspecified atom stereocenters. The Hall–Kier alpha value is -1.56. The number of anilines is 1. The molecule has 1 saturated heterocycles. The van der Waals surface area contributed by atoms with Crippen molar-refractivity contribution in [1.82, 2.24) is 10.2 Å². The number of urea groups is 1. The average Bonchev–Trinajstić information content (AvgIpc) is 3.31. The summed E-state index contributed by atoms with van der Waals surface area (Å²) >= 11 is 3.39. The Morgan fingerprint density at radius 3 is 2.50 bits per heavy atom. The van der Waals surface area contributed by atoms with Gasteiger partial charge in [0.2, 0.25) is 5.91 Å². The topological polar surface area (TPSA) is 61.4 Å². The van der Waals surface area contributed by atoms with Crippen molar-refractivity contribution in [3.63, 3.8) is 0 Å². The van der Waals surface area contributed by atoms with Crippen LogP contribution in [0, 0.1) is 5.92 Å². The van der Waals surface area contributed by atoms with E-state index < -0.39 is 0 Å². The largest absolute Gasteiger partial charge is 0.335 e. The Morgan fingerprint density at radius 2 is 1.86 bits per heavy atom. The molecule has 3 amide bonds. The summed E-state index contributed by atoms with van der Waals surface area (Å²) in [5.41, 5.74) is 0.799. The minimum Gasteiger partial charge on any atom is -0.335 e. The molecule has 118 valence electrons. The average molecular weight is 366 g/mol. The van der Waals surface area contributed by atoms with Crippen LogP contribution in [0.5, 0.6) is 0 Å². The molecule has 0 spiro atoms. The second-order valence-corrected chi connectivity index (χ2v) is 6.90. The van der Waals surface area contributed by atoms with Crippen molar-refractivity contribution in [2.45, 2.75) is 31.7 Å². The lowest BCUT2D eigenvalue weighted by molar-refractivity contribution is -0.121. The number of halogens is 1. The number of nitrogens with zero attached hydrogens (tertiary/aromatic N) is 1. The van der Waals surface area contributed by atoms with Crippen LogP contribution >= 0.6 is 15.9 Å².